The lowest BCUT2D eigenvalue weighted by atomic mass is 10.2. The summed E-state index contributed by atoms with van der Waals surface area (Å²) in [4.78, 5) is 11.5. The third-order valence-electron chi connectivity index (χ3n) is 2.29. The molecule has 0 radical (unpaired) electrons. The lowest BCUT2D eigenvalue weighted by molar-refractivity contribution is 0.251. The number of carbonyl (C=O) groups excluding carboxylic acids is 1. The summed E-state index contributed by atoms with van der Waals surface area (Å²) < 4.78 is 0.911. The number of amides is 2. The minimum absolute atomic E-state index is 0.123. The Morgan fingerprint density at radius 2 is 2.20 bits per heavy atom. The molecule has 0 saturated heterocycles. The van der Waals surface area contributed by atoms with Crippen LogP contribution in [0, 0.1) is 6.92 Å². The zero-order valence-electron chi connectivity index (χ0n) is 8.51. The Bertz CT molecular complexity index is 388. The van der Waals surface area contributed by atoms with Crippen molar-refractivity contribution >= 4 is 27.6 Å². The lowest BCUT2D eigenvalue weighted by Crippen LogP contribution is -2.30. The first-order chi connectivity index (χ1) is 7.15. The number of halogens is 1. The first-order valence-electron chi connectivity index (χ1n) is 4.99. The summed E-state index contributed by atoms with van der Waals surface area (Å²) in [6.07, 6.45) is 2.20. The maximum absolute atomic E-state index is 11.5. The average molecular weight is 269 g/mol. The summed E-state index contributed by atoms with van der Waals surface area (Å²) in [7, 11) is 0. The van der Waals surface area contributed by atoms with Gasteiger partial charge in [0.05, 0.1) is 5.69 Å². The Kier molecular flexibility index (Phi) is 2.95. The third kappa shape index (κ3) is 2.96. The molecule has 1 aromatic carbocycles. The number of urea groups is 1. The Balaban J connectivity index is 1.99. The van der Waals surface area contributed by atoms with Gasteiger partial charge in [-0.3, -0.25) is 0 Å². The largest absolute Gasteiger partial charge is 0.335 e. The predicted molar refractivity (Wildman–Crippen MR) is 64.1 cm³/mol. The smallest absolute Gasteiger partial charge is 0.319 e. The summed E-state index contributed by atoms with van der Waals surface area (Å²) in [5.74, 6) is 0. The molecule has 3 nitrogen and oxygen atoms in total. The number of hydrogen-bond acceptors (Lipinski definition) is 1. The fraction of sp³-hybridized carbons (Fsp3) is 0.364. The van der Waals surface area contributed by atoms with Gasteiger partial charge in [-0.25, -0.2) is 4.79 Å². The number of benzene rings is 1. The van der Waals surface area contributed by atoms with Crippen LogP contribution in [0.3, 0.4) is 0 Å². The van der Waals surface area contributed by atoms with E-state index in [9.17, 15) is 4.79 Å². The van der Waals surface area contributed by atoms with Gasteiger partial charge in [-0.2, -0.15) is 0 Å². The van der Waals surface area contributed by atoms with Crippen molar-refractivity contribution in [3.63, 3.8) is 0 Å². The van der Waals surface area contributed by atoms with Gasteiger partial charge in [0.2, 0.25) is 0 Å². The fourth-order valence-corrected chi connectivity index (χ4v) is 1.89. The number of nitrogens with one attached hydrogen (secondary N) is 2. The zero-order chi connectivity index (χ0) is 10.8. The summed E-state index contributed by atoms with van der Waals surface area (Å²) in [6, 6.07) is 6.10. The predicted octanol–water partition coefficient (Wildman–Crippen LogP) is 3.04. The van der Waals surface area contributed by atoms with Gasteiger partial charge in [0.25, 0.3) is 0 Å². The van der Waals surface area contributed by atoms with Crippen molar-refractivity contribution in [2.45, 2.75) is 25.8 Å². The van der Waals surface area contributed by atoms with Crippen molar-refractivity contribution in [3.05, 3.63) is 28.2 Å². The van der Waals surface area contributed by atoms with Crippen LogP contribution in [0.4, 0.5) is 10.5 Å². The maximum Gasteiger partial charge on any atom is 0.319 e. The molecule has 2 amide bonds. The number of carbonyl (C=O) groups is 1. The average Bonchev–Trinajstić information content (AvgIpc) is 2.94. The molecule has 0 spiro atoms. The van der Waals surface area contributed by atoms with Crippen LogP contribution in [-0.2, 0) is 0 Å². The minimum atomic E-state index is -0.123. The van der Waals surface area contributed by atoms with E-state index in [2.05, 4.69) is 26.6 Å². The highest BCUT2D eigenvalue weighted by molar-refractivity contribution is 9.10. The van der Waals surface area contributed by atoms with Gasteiger partial charge < -0.3 is 10.6 Å². The second-order valence-electron chi connectivity index (χ2n) is 3.86. The summed E-state index contributed by atoms with van der Waals surface area (Å²) >= 11 is 3.41. The monoisotopic (exact) mass is 268 g/mol. The second kappa shape index (κ2) is 4.23. The van der Waals surface area contributed by atoms with Crippen LogP contribution in [0.1, 0.15) is 18.4 Å². The van der Waals surface area contributed by atoms with E-state index in [1.54, 1.807) is 0 Å². The Hall–Kier alpha value is -1.03. The highest BCUT2D eigenvalue weighted by atomic mass is 79.9. The van der Waals surface area contributed by atoms with E-state index in [-0.39, 0.29) is 6.03 Å². The molecule has 0 aliphatic heterocycles. The summed E-state index contributed by atoms with van der Waals surface area (Å²) in [6.45, 7) is 2.01. The van der Waals surface area contributed by atoms with Gasteiger partial charge in [0, 0.05) is 10.5 Å². The van der Waals surface area contributed by atoms with E-state index in [1.165, 1.54) is 0 Å². The molecule has 4 heteroatoms. The zero-order valence-corrected chi connectivity index (χ0v) is 10.1. The van der Waals surface area contributed by atoms with Crippen LogP contribution in [0.25, 0.3) is 0 Å². The van der Waals surface area contributed by atoms with E-state index in [0.29, 0.717) is 6.04 Å². The van der Waals surface area contributed by atoms with E-state index in [4.69, 9.17) is 0 Å². The summed E-state index contributed by atoms with van der Waals surface area (Å²) in [5.41, 5.74) is 1.97. The first-order valence-corrected chi connectivity index (χ1v) is 5.78. The van der Waals surface area contributed by atoms with Crippen LogP contribution in [0.2, 0.25) is 0 Å². The van der Waals surface area contributed by atoms with Crippen LogP contribution >= 0.6 is 15.9 Å². The highest BCUT2D eigenvalue weighted by Crippen LogP contribution is 2.24. The quantitative estimate of drug-likeness (QED) is 0.851. The molecule has 0 atom stereocenters. The molecule has 1 fully saturated rings. The number of rotatable bonds is 2. The van der Waals surface area contributed by atoms with Crippen LogP contribution in [0.5, 0.6) is 0 Å². The molecule has 1 aliphatic rings. The van der Waals surface area contributed by atoms with Gasteiger partial charge in [-0.1, -0.05) is 6.07 Å². The molecular formula is C11H13BrN2O. The number of anilines is 1. The van der Waals surface area contributed by atoms with Crippen molar-refractivity contribution in [3.8, 4) is 0 Å². The minimum Gasteiger partial charge on any atom is -0.335 e. The van der Waals surface area contributed by atoms with Crippen molar-refractivity contribution in [1.82, 2.24) is 5.32 Å². The number of aryl methyl sites for hydroxylation is 1. The second-order valence-corrected chi connectivity index (χ2v) is 4.71. The molecule has 1 aliphatic carbocycles. The first kappa shape index (κ1) is 10.5. The van der Waals surface area contributed by atoms with E-state index in [1.807, 2.05) is 25.1 Å². The molecule has 80 valence electrons. The maximum atomic E-state index is 11.5. The molecule has 0 aromatic heterocycles. The van der Waals surface area contributed by atoms with Crippen molar-refractivity contribution in [2.75, 3.05) is 5.32 Å². The Labute approximate surface area is 97.4 Å². The molecule has 1 saturated carbocycles. The van der Waals surface area contributed by atoms with Crippen molar-refractivity contribution in [2.24, 2.45) is 0 Å². The normalized spacial score (nSPS) is 14.8. The number of hydrogen-bond donors (Lipinski definition) is 2. The van der Waals surface area contributed by atoms with Crippen molar-refractivity contribution < 1.29 is 4.79 Å². The van der Waals surface area contributed by atoms with E-state index >= 15 is 0 Å². The van der Waals surface area contributed by atoms with Gasteiger partial charge in [-0.05, 0) is 53.4 Å². The molecule has 0 unspecified atom stereocenters. The lowest BCUT2D eigenvalue weighted by Gasteiger charge is -2.08. The molecule has 0 heterocycles. The third-order valence-corrected chi connectivity index (χ3v) is 2.94. The molecule has 2 N–H and O–H groups in total. The van der Waals surface area contributed by atoms with E-state index in [0.717, 1.165) is 28.6 Å². The molecule has 15 heavy (non-hydrogen) atoms. The van der Waals surface area contributed by atoms with Crippen LogP contribution in [0.15, 0.2) is 22.7 Å². The highest BCUT2D eigenvalue weighted by Gasteiger charge is 2.23. The Morgan fingerprint density at radius 1 is 1.47 bits per heavy atom. The van der Waals surface area contributed by atoms with Crippen LogP contribution < -0.4 is 10.6 Å². The molecule has 1 aromatic rings. The summed E-state index contributed by atoms with van der Waals surface area (Å²) in [5, 5.41) is 5.69. The van der Waals surface area contributed by atoms with Gasteiger partial charge in [-0.15, -0.1) is 0 Å². The molecule has 2 rings (SSSR count). The SMILES string of the molecule is Cc1ccc(NC(=O)NC2CC2)c(Br)c1. The molecule has 0 bridgehead atoms. The fourth-order valence-electron chi connectivity index (χ4n) is 1.29. The van der Waals surface area contributed by atoms with Gasteiger partial charge in [0.1, 0.15) is 0 Å². The van der Waals surface area contributed by atoms with E-state index < -0.39 is 0 Å². The van der Waals surface area contributed by atoms with Crippen LogP contribution in [-0.4, -0.2) is 12.1 Å². The van der Waals surface area contributed by atoms with Crippen molar-refractivity contribution in [1.29, 1.82) is 0 Å². The Morgan fingerprint density at radius 3 is 2.80 bits per heavy atom. The molecular weight excluding hydrogens is 256 g/mol. The topological polar surface area (TPSA) is 41.1 Å². The standard InChI is InChI=1S/C11H13BrN2O/c1-7-2-5-10(9(12)6-7)14-11(15)13-8-3-4-8/h2,5-6,8H,3-4H2,1H3,(H2,13,14,15). The van der Waals surface area contributed by atoms with Gasteiger partial charge >= 0.3 is 6.03 Å². The van der Waals surface area contributed by atoms with Gasteiger partial charge in [0.15, 0.2) is 0 Å².